The van der Waals surface area contributed by atoms with Crippen LogP contribution in [-0.4, -0.2) is 49.5 Å². The molecule has 0 unspecified atom stereocenters. The molecule has 21 heavy (non-hydrogen) atoms. The van der Waals surface area contributed by atoms with Crippen LogP contribution in [0, 0.1) is 0 Å². The summed E-state index contributed by atoms with van der Waals surface area (Å²) in [5.41, 5.74) is 0.229. The van der Waals surface area contributed by atoms with Crippen molar-refractivity contribution in [2.45, 2.75) is 23.8 Å². The average Bonchev–Trinajstić information content (AvgIpc) is 2.97. The van der Waals surface area contributed by atoms with E-state index in [2.05, 4.69) is 4.74 Å². The van der Waals surface area contributed by atoms with Gasteiger partial charge in [-0.1, -0.05) is 0 Å². The third-order valence-electron chi connectivity index (χ3n) is 3.37. The predicted molar refractivity (Wildman–Crippen MR) is 72.3 cm³/mol. The number of rotatable bonds is 4. The lowest BCUT2D eigenvalue weighted by Gasteiger charge is -2.20. The maximum absolute atomic E-state index is 12.4. The molecule has 1 aliphatic heterocycles. The number of esters is 1. The van der Waals surface area contributed by atoms with Crippen LogP contribution in [0.1, 0.15) is 23.2 Å². The van der Waals surface area contributed by atoms with Crippen LogP contribution in [-0.2, 0) is 19.6 Å². The van der Waals surface area contributed by atoms with E-state index >= 15 is 0 Å². The Balaban J connectivity index is 2.31. The highest BCUT2D eigenvalue weighted by molar-refractivity contribution is 7.89. The predicted octanol–water partition coefficient (Wildman–Crippen LogP) is 0.711. The fourth-order valence-electron chi connectivity index (χ4n) is 2.29. The van der Waals surface area contributed by atoms with E-state index in [1.807, 2.05) is 0 Å². The standard InChI is InChI=1S/C13H15NO6S/c1-20-13(17)9-4-6-10(7-5-9)21(18,19)14-8-2-3-11(14)12(15)16/h4-7,11H,2-3,8H2,1H3,(H,15,16)/t11-/m1/s1. The number of methoxy groups -OCH3 is 1. The monoisotopic (exact) mass is 313 g/mol. The third kappa shape index (κ3) is 2.91. The first kappa shape index (κ1) is 15.5. The molecule has 8 heteroatoms. The summed E-state index contributed by atoms with van der Waals surface area (Å²) in [4.78, 5) is 22.4. The second-order valence-corrected chi connectivity index (χ2v) is 6.52. The minimum Gasteiger partial charge on any atom is -0.480 e. The maximum Gasteiger partial charge on any atom is 0.337 e. The van der Waals surface area contributed by atoms with Crippen molar-refractivity contribution in [3.05, 3.63) is 29.8 Å². The number of ether oxygens (including phenoxy) is 1. The van der Waals surface area contributed by atoms with Crippen molar-refractivity contribution in [1.82, 2.24) is 4.31 Å². The number of hydrogen-bond acceptors (Lipinski definition) is 5. The fraction of sp³-hybridized carbons (Fsp3) is 0.385. The number of aliphatic carboxylic acids is 1. The van der Waals surface area contributed by atoms with Crippen molar-refractivity contribution in [1.29, 1.82) is 0 Å². The number of hydrogen-bond donors (Lipinski definition) is 1. The van der Waals surface area contributed by atoms with Gasteiger partial charge in [-0.05, 0) is 37.1 Å². The minimum absolute atomic E-state index is 0.0386. The molecule has 1 aromatic carbocycles. The van der Waals surface area contributed by atoms with E-state index in [4.69, 9.17) is 5.11 Å². The SMILES string of the molecule is COC(=O)c1ccc(S(=O)(=O)N2CCC[C@@H]2C(=O)O)cc1. The van der Waals surface area contributed by atoms with E-state index in [9.17, 15) is 18.0 Å². The molecule has 0 bridgehead atoms. The van der Waals surface area contributed by atoms with Gasteiger partial charge in [-0.3, -0.25) is 4.79 Å². The molecule has 1 fully saturated rings. The molecule has 1 N–H and O–H groups in total. The summed E-state index contributed by atoms with van der Waals surface area (Å²) in [6.07, 6.45) is 0.811. The van der Waals surface area contributed by atoms with Crippen LogP contribution in [0.3, 0.4) is 0 Å². The molecule has 7 nitrogen and oxygen atoms in total. The number of benzene rings is 1. The summed E-state index contributed by atoms with van der Waals surface area (Å²) in [6, 6.07) is 4.20. The molecule has 1 aliphatic rings. The Labute approximate surface area is 122 Å². The Kier molecular flexibility index (Phi) is 4.29. The van der Waals surface area contributed by atoms with Crippen LogP contribution in [0.2, 0.25) is 0 Å². The fourth-order valence-corrected chi connectivity index (χ4v) is 3.94. The maximum atomic E-state index is 12.4. The molecule has 0 saturated carbocycles. The van der Waals surface area contributed by atoms with E-state index < -0.39 is 28.0 Å². The molecule has 1 aromatic rings. The van der Waals surface area contributed by atoms with Crippen LogP contribution in [0.25, 0.3) is 0 Å². The second kappa shape index (κ2) is 5.82. The summed E-state index contributed by atoms with van der Waals surface area (Å²) in [6.45, 7) is 0.179. The molecular weight excluding hydrogens is 298 g/mol. The van der Waals surface area contributed by atoms with Gasteiger partial charge in [0.1, 0.15) is 6.04 Å². The molecule has 0 aromatic heterocycles. The zero-order chi connectivity index (χ0) is 15.6. The summed E-state index contributed by atoms with van der Waals surface area (Å²) in [7, 11) is -2.65. The van der Waals surface area contributed by atoms with Crippen molar-refractivity contribution in [2.75, 3.05) is 13.7 Å². The van der Waals surface area contributed by atoms with Gasteiger partial charge in [-0.2, -0.15) is 4.31 Å². The van der Waals surface area contributed by atoms with E-state index in [-0.39, 0.29) is 17.0 Å². The Morgan fingerprint density at radius 3 is 2.43 bits per heavy atom. The highest BCUT2D eigenvalue weighted by Gasteiger charge is 2.39. The molecule has 1 saturated heterocycles. The highest BCUT2D eigenvalue weighted by Crippen LogP contribution is 2.26. The number of carboxylic acids is 1. The second-order valence-electron chi connectivity index (χ2n) is 4.63. The highest BCUT2D eigenvalue weighted by atomic mass is 32.2. The van der Waals surface area contributed by atoms with Gasteiger partial charge in [0.15, 0.2) is 0 Å². The number of carboxylic acid groups (broad SMARTS) is 1. The van der Waals surface area contributed by atoms with E-state index in [0.717, 1.165) is 4.31 Å². The average molecular weight is 313 g/mol. The number of nitrogens with zero attached hydrogens (tertiary/aromatic N) is 1. The van der Waals surface area contributed by atoms with Gasteiger partial charge >= 0.3 is 11.9 Å². The number of carbonyl (C=O) groups is 2. The van der Waals surface area contributed by atoms with Gasteiger partial charge in [0.2, 0.25) is 10.0 Å². The van der Waals surface area contributed by atoms with E-state index in [1.165, 1.54) is 31.4 Å². The summed E-state index contributed by atoms with van der Waals surface area (Å²) in [5.74, 6) is -1.72. The molecule has 0 spiro atoms. The minimum atomic E-state index is -3.88. The summed E-state index contributed by atoms with van der Waals surface area (Å²) in [5, 5.41) is 9.08. The lowest BCUT2D eigenvalue weighted by molar-refractivity contribution is -0.140. The van der Waals surface area contributed by atoms with Crippen LogP contribution in [0.4, 0.5) is 0 Å². The number of sulfonamides is 1. The molecule has 114 valence electrons. The van der Waals surface area contributed by atoms with Gasteiger partial charge in [-0.15, -0.1) is 0 Å². The van der Waals surface area contributed by atoms with Crippen molar-refractivity contribution in [2.24, 2.45) is 0 Å². The molecule has 1 heterocycles. The van der Waals surface area contributed by atoms with E-state index in [0.29, 0.717) is 12.8 Å². The summed E-state index contributed by atoms with van der Waals surface area (Å²) < 4.78 is 30.4. The third-order valence-corrected chi connectivity index (χ3v) is 5.29. The molecule has 0 radical (unpaired) electrons. The van der Waals surface area contributed by atoms with E-state index in [1.54, 1.807) is 0 Å². The Morgan fingerprint density at radius 1 is 1.29 bits per heavy atom. The van der Waals surface area contributed by atoms with Crippen molar-refractivity contribution < 1.29 is 27.9 Å². The number of carbonyl (C=O) groups excluding carboxylic acids is 1. The zero-order valence-electron chi connectivity index (χ0n) is 11.4. The van der Waals surface area contributed by atoms with Gasteiger partial charge in [-0.25, -0.2) is 13.2 Å². The largest absolute Gasteiger partial charge is 0.480 e. The first-order valence-corrected chi connectivity index (χ1v) is 7.75. The van der Waals surface area contributed by atoms with Crippen LogP contribution in [0.15, 0.2) is 29.2 Å². The van der Waals surface area contributed by atoms with Crippen molar-refractivity contribution in [3.8, 4) is 0 Å². The molecule has 2 rings (SSSR count). The first-order valence-electron chi connectivity index (χ1n) is 6.31. The van der Waals surface area contributed by atoms with Gasteiger partial charge < -0.3 is 9.84 Å². The smallest absolute Gasteiger partial charge is 0.337 e. The quantitative estimate of drug-likeness (QED) is 0.822. The summed E-state index contributed by atoms with van der Waals surface area (Å²) >= 11 is 0. The lowest BCUT2D eigenvalue weighted by atomic mass is 10.2. The Hall–Kier alpha value is -1.93. The zero-order valence-corrected chi connectivity index (χ0v) is 12.2. The molecule has 0 aliphatic carbocycles. The first-order chi connectivity index (χ1) is 9.87. The molecule has 0 amide bonds. The molecular formula is C13H15NO6S. The van der Waals surface area contributed by atoms with Crippen LogP contribution in [0.5, 0.6) is 0 Å². The van der Waals surface area contributed by atoms with Crippen LogP contribution >= 0.6 is 0 Å². The Bertz CT molecular complexity index is 652. The Morgan fingerprint density at radius 2 is 1.90 bits per heavy atom. The molecule has 1 atom stereocenters. The van der Waals surface area contributed by atoms with Gasteiger partial charge in [0.05, 0.1) is 17.6 Å². The topological polar surface area (TPSA) is 101 Å². The van der Waals surface area contributed by atoms with Crippen LogP contribution < -0.4 is 0 Å². The van der Waals surface area contributed by atoms with Crippen molar-refractivity contribution in [3.63, 3.8) is 0 Å². The van der Waals surface area contributed by atoms with Gasteiger partial charge in [0.25, 0.3) is 0 Å². The lowest BCUT2D eigenvalue weighted by Crippen LogP contribution is -2.40. The van der Waals surface area contributed by atoms with Gasteiger partial charge in [0, 0.05) is 6.54 Å². The normalized spacial score (nSPS) is 19.4. The van der Waals surface area contributed by atoms with Crippen molar-refractivity contribution >= 4 is 22.0 Å².